The van der Waals surface area contributed by atoms with Crippen LogP contribution in [0.3, 0.4) is 0 Å². The molecule has 2 rings (SSSR count). The number of urea groups is 1. The Morgan fingerprint density at radius 2 is 2.22 bits per heavy atom. The number of amidine groups is 1. The van der Waals surface area contributed by atoms with Gasteiger partial charge in [0.25, 0.3) is 0 Å². The lowest BCUT2D eigenvalue weighted by atomic mass is 10.2. The highest BCUT2D eigenvalue weighted by Gasteiger charge is 2.13. The lowest BCUT2D eigenvalue weighted by molar-refractivity contribution is 0.251. The average Bonchev–Trinajstić information content (AvgIpc) is 2.34. The smallest absolute Gasteiger partial charge is 0.286 e. The lowest BCUT2D eigenvalue weighted by Crippen LogP contribution is -2.31. The summed E-state index contributed by atoms with van der Waals surface area (Å²) in [5.41, 5.74) is 1.04. The van der Waals surface area contributed by atoms with E-state index in [9.17, 15) is 4.79 Å². The molecule has 0 spiro atoms. The first-order valence-corrected chi connectivity index (χ1v) is 5.31. The Kier molecular flexibility index (Phi) is 3.59. The van der Waals surface area contributed by atoms with Crippen molar-refractivity contribution in [2.24, 2.45) is 20.4 Å². The third-order valence-electron chi connectivity index (χ3n) is 1.97. The fourth-order valence-corrected chi connectivity index (χ4v) is 1.37. The highest BCUT2D eigenvalue weighted by atomic mass is 35.5. The van der Waals surface area contributed by atoms with Crippen molar-refractivity contribution >= 4 is 29.7 Å². The van der Waals surface area contributed by atoms with E-state index in [1.807, 2.05) is 6.07 Å². The van der Waals surface area contributed by atoms with Crippen LogP contribution in [-0.4, -0.2) is 18.1 Å². The average molecular weight is 262 g/mol. The standard InChI is InChI=1S/C11H8ClN5O/c1-7-10(14-11(18)17-15-7)16-13-6-8-3-2-4-9(12)5-8/h2-6H,1H2,(H,14,16,18)/b13-6+. The van der Waals surface area contributed by atoms with Crippen molar-refractivity contribution in [3.63, 3.8) is 0 Å². The normalized spacial score (nSPS) is 17.5. The molecule has 0 unspecified atom stereocenters. The van der Waals surface area contributed by atoms with Crippen LogP contribution in [0.4, 0.5) is 4.79 Å². The molecule has 90 valence electrons. The van der Waals surface area contributed by atoms with Crippen molar-refractivity contribution in [3.05, 3.63) is 47.1 Å². The Balaban J connectivity index is 2.13. The van der Waals surface area contributed by atoms with Crippen LogP contribution in [0, 0.1) is 0 Å². The van der Waals surface area contributed by atoms with E-state index >= 15 is 0 Å². The Hall–Kier alpha value is -2.34. The van der Waals surface area contributed by atoms with E-state index in [0.29, 0.717) is 5.02 Å². The molecule has 2 amide bonds. The second-order valence-electron chi connectivity index (χ2n) is 3.33. The molecule has 1 heterocycles. The van der Waals surface area contributed by atoms with E-state index in [-0.39, 0.29) is 11.5 Å². The molecule has 1 aliphatic heterocycles. The van der Waals surface area contributed by atoms with Crippen molar-refractivity contribution in [1.29, 1.82) is 0 Å². The van der Waals surface area contributed by atoms with Crippen molar-refractivity contribution < 1.29 is 4.79 Å². The maximum absolute atomic E-state index is 10.9. The van der Waals surface area contributed by atoms with E-state index in [0.717, 1.165) is 5.56 Å². The second kappa shape index (κ2) is 5.33. The Labute approximate surface area is 108 Å². The van der Waals surface area contributed by atoms with E-state index < -0.39 is 6.03 Å². The summed E-state index contributed by atoms with van der Waals surface area (Å²) in [5, 5.41) is 17.4. The summed E-state index contributed by atoms with van der Waals surface area (Å²) in [4.78, 5) is 10.9. The van der Waals surface area contributed by atoms with Crippen molar-refractivity contribution in [1.82, 2.24) is 5.32 Å². The van der Waals surface area contributed by atoms with E-state index in [2.05, 4.69) is 32.3 Å². The van der Waals surface area contributed by atoms with Crippen LogP contribution in [0.25, 0.3) is 0 Å². The number of carbonyl (C=O) groups excluding carboxylic acids is 1. The van der Waals surface area contributed by atoms with Gasteiger partial charge in [0.15, 0.2) is 5.84 Å². The highest BCUT2D eigenvalue weighted by molar-refractivity contribution is 6.30. The SMILES string of the molecule is C=C1N=NC(=O)N/C1=N/N=C/c1cccc(Cl)c1. The minimum Gasteiger partial charge on any atom is -0.286 e. The number of nitrogens with one attached hydrogen (secondary N) is 1. The summed E-state index contributed by atoms with van der Waals surface area (Å²) in [6, 6.07) is 6.52. The maximum atomic E-state index is 10.9. The first-order chi connectivity index (χ1) is 8.65. The van der Waals surface area contributed by atoms with Crippen molar-refractivity contribution in [2.75, 3.05) is 0 Å². The van der Waals surface area contributed by atoms with Gasteiger partial charge < -0.3 is 0 Å². The fourth-order valence-electron chi connectivity index (χ4n) is 1.17. The van der Waals surface area contributed by atoms with Gasteiger partial charge in [0.05, 0.1) is 6.21 Å². The predicted molar refractivity (Wildman–Crippen MR) is 69.0 cm³/mol. The van der Waals surface area contributed by atoms with Crippen LogP contribution in [0.1, 0.15) is 5.56 Å². The minimum atomic E-state index is -0.598. The summed E-state index contributed by atoms with van der Waals surface area (Å²) in [6.45, 7) is 3.57. The van der Waals surface area contributed by atoms with E-state index in [1.165, 1.54) is 6.21 Å². The van der Waals surface area contributed by atoms with Gasteiger partial charge in [0.1, 0.15) is 5.70 Å². The molecule has 0 radical (unpaired) electrons. The predicted octanol–water partition coefficient (Wildman–Crippen LogP) is 2.76. The summed E-state index contributed by atoms with van der Waals surface area (Å²) in [6.07, 6.45) is 1.50. The third-order valence-corrected chi connectivity index (χ3v) is 2.21. The van der Waals surface area contributed by atoms with Gasteiger partial charge in [-0.2, -0.15) is 5.10 Å². The molecule has 0 aliphatic carbocycles. The molecule has 1 aromatic rings. The van der Waals surface area contributed by atoms with Crippen LogP contribution in [0.5, 0.6) is 0 Å². The Bertz CT molecular complexity index is 591. The zero-order valence-electron chi connectivity index (χ0n) is 9.17. The fraction of sp³-hybridized carbons (Fsp3) is 0. The van der Waals surface area contributed by atoms with Crippen LogP contribution in [0.15, 0.2) is 57.0 Å². The van der Waals surface area contributed by atoms with Gasteiger partial charge in [-0.1, -0.05) is 35.4 Å². The van der Waals surface area contributed by atoms with Gasteiger partial charge in [0, 0.05) is 5.02 Å². The molecule has 1 N–H and O–H groups in total. The van der Waals surface area contributed by atoms with Gasteiger partial charge in [-0.15, -0.1) is 10.2 Å². The molecule has 0 saturated heterocycles. The summed E-state index contributed by atoms with van der Waals surface area (Å²) >= 11 is 5.82. The molecule has 0 fully saturated rings. The van der Waals surface area contributed by atoms with E-state index in [4.69, 9.17) is 11.6 Å². The van der Waals surface area contributed by atoms with Gasteiger partial charge >= 0.3 is 6.03 Å². The number of hydrogen-bond acceptors (Lipinski definition) is 4. The van der Waals surface area contributed by atoms with Crippen LogP contribution in [-0.2, 0) is 0 Å². The number of hydrogen-bond donors (Lipinski definition) is 1. The van der Waals surface area contributed by atoms with Crippen LogP contribution < -0.4 is 5.32 Å². The first-order valence-electron chi connectivity index (χ1n) is 4.94. The number of azo groups is 1. The van der Waals surface area contributed by atoms with Gasteiger partial charge in [0.2, 0.25) is 0 Å². The second-order valence-corrected chi connectivity index (χ2v) is 3.76. The quantitative estimate of drug-likeness (QED) is 0.645. The molecular formula is C11H8ClN5O. The molecule has 0 bridgehead atoms. The van der Waals surface area contributed by atoms with Gasteiger partial charge in [-0.3, -0.25) is 5.32 Å². The van der Waals surface area contributed by atoms with Crippen LogP contribution in [0.2, 0.25) is 5.02 Å². The number of benzene rings is 1. The molecule has 1 aromatic carbocycles. The molecule has 0 aromatic heterocycles. The topological polar surface area (TPSA) is 78.5 Å². The number of nitrogens with zero attached hydrogens (tertiary/aromatic N) is 4. The Morgan fingerprint density at radius 1 is 1.39 bits per heavy atom. The van der Waals surface area contributed by atoms with Gasteiger partial charge in [-0.25, -0.2) is 4.79 Å². The Morgan fingerprint density at radius 3 is 3.00 bits per heavy atom. The highest BCUT2D eigenvalue weighted by Crippen LogP contribution is 2.09. The molecule has 6 nitrogen and oxygen atoms in total. The summed E-state index contributed by atoms with van der Waals surface area (Å²) < 4.78 is 0. The molecular weight excluding hydrogens is 254 g/mol. The molecule has 1 aliphatic rings. The first kappa shape index (κ1) is 12.1. The molecule has 7 heteroatoms. The zero-order valence-corrected chi connectivity index (χ0v) is 9.92. The number of amides is 2. The zero-order chi connectivity index (χ0) is 13.0. The largest absolute Gasteiger partial charge is 0.365 e. The number of halogens is 1. The summed E-state index contributed by atoms with van der Waals surface area (Å²) in [7, 11) is 0. The van der Waals surface area contributed by atoms with Gasteiger partial charge in [-0.05, 0) is 17.7 Å². The number of carbonyl (C=O) groups is 1. The number of rotatable bonds is 2. The van der Waals surface area contributed by atoms with Crippen molar-refractivity contribution in [2.45, 2.75) is 0 Å². The minimum absolute atomic E-state index is 0.174. The molecule has 18 heavy (non-hydrogen) atoms. The third kappa shape index (κ3) is 3.08. The maximum Gasteiger partial charge on any atom is 0.365 e. The lowest BCUT2D eigenvalue weighted by Gasteiger charge is -2.06. The molecule has 0 saturated carbocycles. The van der Waals surface area contributed by atoms with Crippen LogP contribution >= 0.6 is 11.6 Å². The van der Waals surface area contributed by atoms with E-state index in [1.54, 1.807) is 18.2 Å². The summed E-state index contributed by atoms with van der Waals surface area (Å²) in [5.74, 6) is 0.174. The molecule has 0 atom stereocenters. The monoisotopic (exact) mass is 261 g/mol. The van der Waals surface area contributed by atoms with Crippen molar-refractivity contribution in [3.8, 4) is 0 Å².